The Hall–Kier alpha value is -0.830. The lowest BCUT2D eigenvalue weighted by Gasteiger charge is -2.05. The number of hydrogen-bond donors (Lipinski definition) is 0. The molecule has 13 heavy (non-hydrogen) atoms. The van der Waals surface area contributed by atoms with Gasteiger partial charge >= 0.3 is 5.97 Å². The first-order valence-corrected chi connectivity index (χ1v) is 4.89. The molecule has 1 rings (SSSR count). The minimum Gasteiger partial charge on any atom is -0.465 e. The molecule has 0 amide bonds. The number of benzene rings is 1. The van der Waals surface area contributed by atoms with Gasteiger partial charge in [0, 0.05) is 4.83 Å². The summed E-state index contributed by atoms with van der Waals surface area (Å²) >= 11 is 3.44. The third-order valence-electron chi connectivity index (χ3n) is 1.77. The molecule has 0 aliphatic heterocycles. The van der Waals surface area contributed by atoms with Gasteiger partial charge in [-0.1, -0.05) is 28.1 Å². The second-order valence-electron chi connectivity index (χ2n) is 2.73. The lowest BCUT2D eigenvalue weighted by atomic mass is 10.1. The SMILES string of the molecule is COC(=O)c1cccc([C@@H](C)Br)c1. The highest BCUT2D eigenvalue weighted by atomic mass is 79.9. The molecule has 0 bridgehead atoms. The van der Waals surface area contributed by atoms with Crippen molar-refractivity contribution in [1.29, 1.82) is 0 Å². The second kappa shape index (κ2) is 4.42. The molecule has 0 saturated carbocycles. The average molecular weight is 243 g/mol. The molecule has 0 heterocycles. The summed E-state index contributed by atoms with van der Waals surface area (Å²) in [5.41, 5.74) is 1.66. The summed E-state index contributed by atoms with van der Waals surface area (Å²) in [6, 6.07) is 7.38. The Labute approximate surface area is 86.0 Å². The zero-order valence-corrected chi connectivity index (χ0v) is 9.17. The minimum atomic E-state index is -0.296. The molecule has 0 unspecified atom stereocenters. The van der Waals surface area contributed by atoms with Gasteiger partial charge in [-0.3, -0.25) is 0 Å². The van der Waals surface area contributed by atoms with Crippen LogP contribution >= 0.6 is 15.9 Å². The predicted octanol–water partition coefficient (Wildman–Crippen LogP) is 2.93. The fourth-order valence-corrected chi connectivity index (χ4v) is 1.32. The first-order valence-electron chi connectivity index (χ1n) is 3.97. The molecule has 2 nitrogen and oxygen atoms in total. The fourth-order valence-electron chi connectivity index (χ4n) is 1.03. The quantitative estimate of drug-likeness (QED) is 0.589. The maximum absolute atomic E-state index is 11.2. The maximum atomic E-state index is 11.2. The van der Waals surface area contributed by atoms with Crippen LogP contribution in [-0.2, 0) is 4.74 Å². The monoisotopic (exact) mass is 242 g/mol. The molecule has 0 saturated heterocycles. The predicted molar refractivity (Wildman–Crippen MR) is 55.1 cm³/mol. The van der Waals surface area contributed by atoms with E-state index >= 15 is 0 Å². The molecule has 1 atom stereocenters. The Balaban J connectivity index is 2.98. The standard InChI is InChI=1S/C10H11BrO2/c1-7(11)8-4-3-5-9(6-8)10(12)13-2/h3-7H,1-2H3/t7-/m1/s1. The fraction of sp³-hybridized carbons (Fsp3) is 0.300. The highest BCUT2D eigenvalue weighted by molar-refractivity contribution is 9.09. The summed E-state index contributed by atoms with van der Waals surface area (Å²) in [4.78, 5) is 11.4. The topological polar surface area (TPSA) is 26.3 Å². The van der Waals surface area contributed by atoms with E-state index in [1.807, 2.05) is 25.1 Å². The Morgan fingerprint density at radius 1 is 1.54 bits per heavy atom. The highest BCUT2D eigenvalue weighted by Gasteiger charge is 2.07. The van der Waals surface area contributed by atoms with Crippen molar-refractivity contribution in [2.24, 2.45) is 0 Å². The summed E-state index contributed by atoms with van der Waals surface area (Å²) in [5, 5.41) is 0. The lowest BCUT2D eigenvalue weighted by Crippen LogP contribution is -2.01. The van der Waals surface area contributed by atoms with Crippen molar-refractivity contribution in [2.45, 2.75) is 11.8 Å². The number of ether oxygens (including phenoxy) is 1. The van der Waals surface area contributed by atoms with E-state index in [2.05, 4.69) is 20.7 Å². The van der Waals surface area contributed by atoms with E-state index in [4.69, 9.17) is 0 Å². The van der Waals surface area contributed by atoms with E-state index in [0.717, 1.165) is 5.56 Å². The number of carbonyl (C=O) groups is 1. The van der Waals surface area contributed by atoms with Crippen LogP contribution in [0.4, 0.5) is 0 Å². The zero-order chi connectivity index (χ0) is 9.84. The molecule has 0 aliphatic rings. The van der Waals surface area contributed by atoms with Crippen LogP contribution in [-0.4, -0.2) is 13.1 Å². The van der Waals surface area contributed by atoms with E-state index in [-0.39, 0.29) is 10.8 Å². The van der Waals surface area contributed by atoms with Crippen molar-refractivity contribution >= 4 is 21.9 Å². The maximum Gasteiger partial charge on any atom is 0.337 e. The number of hydrogen-bond acceptors (Lipinski definition) is 2. The smallest absolute Gasteiger partial charge is 0.337 e. The van der Waals surface area contributed by atoms with Crippen molar-refractivity contribution < 1.29 is 9.53 Å². The van der Waals surface area contributed by atoms with Crippen LogP contribution in [0.15, 0.2) is 24.3 Å². The Kier molecular flexibility index (Phi) is 3.48. The molecule has 0 aliphatic carbocycles. The van der Waals surface area contributed by atoms with Gasteiger partial charge in [-0.25, -0.2) is 4.79 Å². The zero-order valence-electron chi connectivity index (χ0n) is 7.58. The first kappa shape index (κ1) is 10.3. The molecule has 0 aromatic heterocycles. The molecule has 70 valence electrons. The minimum absolute atomic E-state index is 0.247. The van der Waals surface area contributed by atoms with E-state index in [1.165, 1.54) is 7.11 Å². The Morgan fingerprint density at radius 3 is 2.77 bits per heavy atom. The number of esters is 1. The van der Waals surface area contributed by atoms with Crippen LogP contribution in [0.25, 0.3) is 0 Å². The van der Waals surface area contributed by atoms with Crippen LogP contribution in [0, 0.1) is 0 Å². The largest absolute Gasteiger partial charge is 0.465 e. The lowest BCUT2D eigenvalue weighted by molar-refractivity contribution is 0.0600. The van der Waals surface area contributed by atoms with Crippen molar-refractivity contribution in [3.8, 4) is 0 Å². The highest BCUT2D eigenvalue weighted by Crippen LogP contribution is 2.22. The van der Waals surface area contributed by atoms with Crippen LogP contribution < -0.4 is 0 Å². The van der Waals surface area contributed by atoms with Gasteiger partial charge < -0.3 is 4.74 Å². The number of carbonyl (C=O) groups excluding carboxylic acids is 1. The van der Waals surface area contributed by atoms with Crippen molar-refractivity contribution in [2.75, 3.05) is 7.11 Å². The van der Waals surface area contributed by atoms with Gasteiger partial charge in [0.1, 0.15) is 0 Å². The van der Waals surface area contributed by atoms with Crippen molar-refractivity contribution in [3.05, 3.63) is 35.4 Å². The normalized spacial score (nSPS) is 12.2. The number of methoxy groups -OCH3 is 1. The number of halogens is 1. The molecule has 0 N–H and O–H groups in total. The van der Waals surface area contributed by atoms with Crippen LogP contribution in [0.5, 0.6) is 0 Å². The summed E-state index contributed by atoms with van der Waals surface area (Å²) in [6.45, 7) is 2.01. The van der Waals surface area contributed by atoms with E-state index < -0.39 is 0 Å². The van der Waals surface area contributed by atoms with Gasteiger partial charge in [0.2, 0.25) is 0 Å². The summed E-state index contributed by atoms with van der Waals surface area (Å²) < 4.78 is 4.62. The van der Waals surface area contributed by atoms with Crippen LogP contribution in [0.2, 0.25) is 0 Å². The third-order valence-corrected chi connectivity index (χ3v) is 2.30. The van der Waals surface area contributed by atoms with Gasteiger partial charge in [0.05, 0.1) is 12.7 Å². The molecular weight excluding hydrogens is 232 g/mol. The summed E-state index contributed by atoms with van der Waals surface area (Å²) in [6.07, 6.45) is 0. The number of rotatable bonds is 2. The third kappa shape index (κ3) is 2.56. The van der Waals surface area contributed by atoms with Gasteiger partial charge in [0.25, 0.3) is 0 Å². The first-order chi connectivity index (χ1) is 6.15. The van der Waals surface area contributed by atoms with E-state index in [0.29, 0.717) is 5.56 Å². The molecule has 0 spiro atoms. The van der Waals surface area contributed by atoms with Crippen molar-refractivity contribution in [1.82, 2.24) is 0 Å². The summed E-state index contributed by atoms with van der Waals surface area (Å²) in [7, 11) is 1.38. The van der Waals surface area contributed by atoms with Gasteiger partial charge in [-0.2, -0.15) is 0 Å². The van der Waals surface area contributed by atoms with Crippen LogP contribution in [0.1, 0.15) is 27.7 Å². The number of alkyl halides is 1. The average Bonchev–Trinajstić information content (AvgIpc) is 2.17. The molecule has 0 radical (unpaired) electrons. The van der Waals surface area contributed by atoms with E-state index in [1.54, 1.807) is 6.07 Å². The van der Waals surface area contributed by atoms with Gasteiger partial charge in [-0.15, -0.1) is 0 Å². The van der Waals surface area contributed by atoms with Gasteiger partial charge in [0.15, 0.2) is 0 Å². The molecule has 0 fully saturated rings. The summed E-state index contributed by atoms with van der Waals surface area (Å²) in [5.74, 6) is -0.296. The second-order valence-corrected chi connectivity index (χ2v) is 4.11. The van der Waals surface area contributed by atoms with Crippen LogP contribution in [0.3, 0.4) is 0 Å². The Morgan fingerprint density at radius 2 is 2.23 bits per heavy atom. The molecule has 3 heteroatoms. The van der Waals surface area contributed by atoms with Crippen molar-refractivity contribution in [3.63, 3.8) is 0 Å². The molecule has 1 aromatic rings. The molecule has 1 aromatic carbocycles. The molecular formula is C10H11BrO2. The van der Waals surface area contributed by atoms with Gasteiger partial charge in [-0.05, 0) is 24.6 Å². The Bertz CT molecular complexity index is 308. The van der Waals surface area contributed by atoms with E-state index in [9.17, 15) is 4.79 Å².